The number of carbonyl (C=O) groups is 1. The average Bonchev–Trinajstić information content (AvgIpc) is 3.21. The van der Waals surface area contributed by atoms with Gasteiger partial charge in [0.25, 0.3) is 5.91 Å². The molecule has 5 nitrogen and oxygen atoms in total. The summed E-state index contributed by atoms with van der Waals surface area (Å²) in [6.07, 6.45) is 3.29. The van der Waals surface area contributed by atoms with Gasteiger partial charge in [-0.1, -0.05) is 12.1 Å². The second-order valence-electron chi connectivity index (χ2n) is 5.44. The normalized spacial score (nSPS) is 14.5. The van der Waals surface area contributed by atoms with Crippen molar-refractivity contribution in [3.63, 3.8) is 0 Å². The molecule has 0 aliphatic carbocycles. The molecule has 1 aromatic heterocycles. The van der Waals surface area contributed by atoms with E-state index in [1.165, 1.54) is 0 Å². The van der Waals surface area contributed by atoms with Gasteiger partial charge in [-0.2, -0.15) is 0 Å². The zero-order valence-electron chi connectivity index (χ0n) is 12.6. The summed E-state index contributed by atoms with van der Waals surface area (Å²) in [4.78, 5) is 12.2. The Hall–Kier alpha value is -3.47. The van der Waals surface area contributed by atoms with Crippen LogP contribution in [0.5, 0.6) is 5.75 Å². The molecule has 0 fully saturated rings. The molecule has 0 saturated carbocycles. The van der Waals surface area contributed by atoms with Gasteiger partial charge in [0.1, 0.15) is 11.5 Å². The number of anilines is 2. The fourth-order valence-corrected chi connectivity index (χ4v) is 2.65. The molecule has 3 N–H and O–H groups in total. The Labute approximate surface area is 138 Å². The lowest BCUT2D eigenvalue weighted by Crippen LogP contribution is -2.05. The summed E-state index contributed by atoms with van der Waals surface area (Å²) in [5.74, 6) is 0.794. The highest BCUT2D eigenvalue weighted by molar-refractivity contribution is 6.31. The van der Waals surface area contributed by atoms with Crippen LogP contribution in [0.3, 0.4) is 0 Å². The van der Waals surface area contributed by atoms with Crippen molar-refractivity contribution in [1.29, 1.82) is 0 Å². The topological polar surface area (TPSA) is 74.5 Å². The van der Waals surface area contributed by atoms with Crippen LogP contribution in [0.15, 0.2) is 71.5 Å². The average molecular weight is 318 g/mol. The molecule has 1 amide bonds. The molecule has 24 heavy (non-hydrogen) atoms. The summed E-state index contributed by atoms with van der Waals surface area (Å²) in [5.41, 5.74) is 3.85. The van der Waals surface area contributed by atoms with Crippen LogP contribution < -0.4 is 10.6 Å². The Morgan fingerprint density at radius 2 is 1.92 bits per heavy atom. The van der Waals surface area contributed by atoms with Crippen molar-refractivity contribution >= 4 is 22.9 Å². The maximum atomic E-state index is 12.2. The van der Waals surface area contributed by atoms with Gasteiger partial charge in [-0.3, -0.25) is 4.79 Å². The van der Waals surface area contributed by atoms with Crippen molar-refractivity contribution in [3.8, 4) is 17.1 Å². The Bertz CT molecular complexity index is 926. The number of aromatic hydroxyl groups is 1. The molecule has 0 bridgehead atoms. The van der Waals surface area contributed by atoms with Crippen molar-refractivity contribution in [3.05, 3.63) is 72.6 Å². The highest BCUT2D eigenvalue weighted by Crippen LogP contribution is 2.35. The third-order valence-corrected chi connectivity index (χ3v) is 3.86. The van der Waals surface area contributed by atoms with E-state index in [1.54, 1.807) is 36.7 Å². The minimum absolute atomic E-state index is 0.159. The molecular weight excluding hydrogens is 304 g/mol. The number of carbonyl (C=O) groups excluding carboxylic acids is 1. The van der Waals surface area contributed by atoms with Crippen LogP contribution in [0.25, 0.3) is 16.9 Å². The van der Waals surface area contributed by atoms with Gasteiger partial charge >= 0.3 is 0 Å². The Morgan fingerprint density at radius 3 is 2.67 bits per heavy atom. The summed E-state index contributed by atoms with van der Waals surface area (Å²) in [6.45, 7) is 0. The molecule has 0 unspecified atom stereocenters. The fraction of sp³-hybridized carbons (Fsp3) is 0. The largest absolute Gasteiger partial charge is 0.508 e. The number of hydrogen-bond donors (Lipinski definition) is 3. The number of phenolic OH excluding ortho intramolecular Hbond substituents is 1. The first-order chi connectivity index (χ1) is 11.7. The van der Waals surface area contributed by atoms with E-state index < -0.39 is 0 Å². The van der Waals surface area contributed by atoms with Crippen LogP contribution >= 0.6 is 0 Å². The van der Waals surface area contributed by atoms with Gasteiger partial charge in [-0.15, -0.1) is 0 Å². The SMILES string of the molecule is O=C1Nc2cc(-c3ccco3)ccc2/C1=C/Nc1ccc(O)cc1. The number of benzene rings is 2. The number of rotatable bonds is 3. The number of fused-ring (bicyclic) bond motifs is 1. The molecule has 3 aromatic rings. The number of nitrogens with one attached hydrogen (secondary N) is 2. The van der Waals surface area contributed by atoms with E-state index in [-0.39, 0.29) is 11.7 Å². The molecule has 118 valence electrons. The minimum atomic E-state index is -0.159. The lowest BCUT2D eigenvalue weighted by atomic mass is 10.0. The van der Waals surface area contributed by atoms with Gasteiger partial charge in [0, 0.05) is 28.7 Å². The number of phenols is 1. The summed E-state index contributed by atoms with van der Waals surface area (Å²) in [5, 5.41) is 15.2. The molecule has 1 aliphatic rings. The highest BCUT2D eigenvalue weighted by atomic mass is 16.3. The molecule has 2 heterocycles. The molecule has 4 rings (SSSR count). The second kappa shape index (κ2) is 5.62. The fourth-order valence-electron chi connectivity index (χ4n) is 2.65. The summed E-state index contributed by atoms with van der Waals surface area (Å²) >= 11 is 0. The molecule has 5 heteroatoms. The molecular formula is C19H14N2O3. The van der Waals surface area contributed by atoms with Crippen molar-refractivity contribution in [2.45, 2.75) is 0 Å². The number of hydrogen-bond acceptors (Lipinski definition) is 4. The first-order valence-electron chi connectivity index (χ1n) is 7.46. The van der Waals surface area contributed by atoms with Crippen LogP contribution in [0, 0.1) is 0 Å². The van der Waals surface area contributed by atoms with E-state index >= 15 is 0 Å². The van der Waals surface area contributed by atoms with Crippen molar-refractivity contribution in [2.24, 2.45) is 0 Å². The van der Waals surface area contributed by atoms with Gasteiger partial charge in [0.15, 0.2) is 0 Å². The lowest BCUT2D eigenvalue weighted by Gasteiger charge is -2.03. The number of amides is 1. The van der Waals surface area contributed by atoms with Gasteiger partial charge in [0.2, 0.25) is 0 Å². The standard InChI is InChI=1S/C19H14N2O3/c22-14-6-4-13(5-7-14)20-11-16-15-8-3-12(18-2-1-9-24-18)10-17(15)21-19(16)23/h1-11,20,22H,(H,21,23)/b16-11-. The molecule has 0 atom stereocenters. The van der Waals surface area contributed by atoms with Crippen LogP contribution in [0.4, 0.5) is 11.4 Å². The van der Waals surface area contributed by atoms with Crippen molar-refractivity contribution in [1.82, 2.24) is 0 Å². The van der Waals surface area contributed by atoms with E-state index in [0.717, 1.165) is 28.3 Å². The minimum Gasteiger partial charge on any atom is -0.508 e. The van der Waals surface area contributed by atoms with Gasteiger partial charge in [-0.05, 0) is 42.5 Å². The van der Waals surface area contributed by atoms with E-state index in [1.807, 2.05) is 30.3 Å². The van der Waals surface area contributed by atoms with Gasteiger partial charge in [0.05, 0.1) is 11.8 Å². The van der Waals surface area contributed by atoms with E-state index in [2.05, 4.69) is 10.6 Å². The van der Waals surface area contributed by atoms with Crippen LogP contribution in [0.2, 0.25) is 0 Å². The summed E-state index contributed by atoms with van der Waals surface area (Å²) < 4.78 is 5.39. The Balaban J connectivity index is 1.63. The van der Waals surface area contributed by atoms with Crippen molar-refractivity contribution in [2.75, 3.05) is 10.6 Å². The zero-order chi connectivity index (χ0) is 16.5. The van der Waals surface area contributed by atoms with Gasteiger partial charge in [-0.25, -0.2) is 0 Å². The quantitative estimate of drug-likeness (QED) is 0.503. The smallest absolute Gasteiger partial charge is 0.257 e. The zero-order valence-corrected chi connectivity index (χ0v) is 12.6. The van der Waals surface area contributed by atoms with Crippen LogP contribution in [-0.2, 0) is 4.79 Å². The van der Waals surface area contributed by atoms with E-state index in [9.17, 15) is 9.90 Å². The monoisotopic (exact) mass is 318 g/mol. The Kier molecular flexibility index (Phi) is 3.31. The summed E-state index contributed by atoms with van der Waals surface area (Å²) in [6, 6.07) is 16.1. The van der Waals surface area contributed by atoms with E-state index in [4.69, 9.17) is 4.42 Å². The first-order valence-corrected chi connectivity index (χ1v) is 7.46. The molecule has 0 radical (unpaired) electrons. The number of furan rings is 1. The predicted molar refractivity (Wildman–Crippen MR) is 92.5 cm³/mol. The predicted octanol–water partition coefficient (Wildman–Crippen LogP) is 4.06. The lowest BCUT2D eigenvalue weighted by molar-refractivity contribution is -0.110. The Morgan fingerprint density at radius 1 is 1.08 bits per heavy atom. The molecule has 0 saturated heterocycles. The third kappa shape index (κ3) is 2.52. The highest BCUT2D eigenvalue weighted by Gasteiger charge is 2.24. The maximum absolute atomic E-state index is 12.2. The second-order valence-corrected chi connectivity index (χ2v) is 5.44. The van der Waals surface area contributed by atoms with Gasteiger partial charge < -0.3 is 20.2 Å². The van der Waals surface area contributed by atoms with Crippen LogP contribution in [-0.4, -0.2) is 11.0 Å². The molecule has 1 aliphatic heterocycles. The molecule has 0 spiro atoms. The third-order valence-electron chi connectivity index (χ3n) is 3.86. The first kappa shape index (κ1) is 14.1. The van der Waals surface area contributed by atoms with E-state index in [0.29, 0.717) is 5.57 Å². The van der Waals surface area contributed by atoms with Crippen molar-refractivity contribution < 1.29 is 14.3 Å². The van der Waals surface area contributed by atoms with Crippen LogP contribution in [0.1, 0.15) is 5.56 Å². The molecule has 2 aromatic carbocycles. The summed E-state index contributed by atoms with van der Waals surface area (Å²) in [7, 11) is 0. The maximum Gasteiger partial charge on any atom is 0.257 e.